The van der Waals surface area contributed by atoms with Crippen molar-refractivity contribution in [1.29, 1.82) is 0 Å². The van der Waals surface area contributed by atoms with Gasteiger partial charge in [-0.1, -0.05) is 30.9 Å². The van der Waals surface area contributed by atoms with Gasteiger partial charge in [0.2, 0.25) is 10.0 Å². The highest BCUT2D eigenvalue weighted by Gasteiger charge is 2.27. The van der Waals surface area contributed by atoms with Crippen molar-refractivity contribution in [1.82, 2.24) is 4.72 Å². The van der Waals surface area contributed by atoms with E-state index in [-0.39, 0.29) is 16.3 Å². The lowest BCUT2D eigenvalue weighted by Gasteiger charge is -2.21. The molecular weight excluding hydrogens is 385 g/mol. The predicted molar refractivity (Wildman–Crippen MR) is 86.0 cm³/mol. The molecule has 0 spiro atoms. The largest absolute Gasteiger partial charge is 0.240 e. The van der Waals surface area contributed by atoms with E-state index >= 15 is 0 Å². The first-order valence-electron chi connectivity index (χ1n) is 6.51. The standard InChI is InChI=1S/C13H16BrCl2NO2S/c14-10-8-9(6-7-11(10)15)20(18,19)17-13-5-3-1-2-4-12(13)16/h6-8,12-13,17H,1-5H2. The highest BCUT2D eigenvalue weighted by molar-refractivity contribution is 9.10. The first kappa shape index (κ1) is 16.6. The van der Waals surface area contributed by atoms with Gasteiger partial charge in [0.25, 0.3) is 0 Å². The lowest BCUT2D eigenvalue weighted by Crippen LogP contribution is -2.40. The summed E-state index contributed by atoms with van der Waals surface area (Å²) in [5, 5.41) is 0.330. The Morgan fingerprint density at radius 2 is 1.90 bits per heavy atom. The molecule has 0 aliphatic heterocycles. The van der Waals surface area contributed by atoms with E-state index in [4.69, 9.17) is 23.2 Å². The van der Waals surface area contributed by atoms with E-state index in [1.165, 1.54) is 12.1 Å². The Morgan fingerprint density at radius 3 is 2.60 bits per heavy atom. The molecular formula is C13H16BrCl2NO2S. The minimum atomic E-state index is -3.57. The Kier molecular flexibility index (Phi) is 5.77. The highest BCUT2D eigenvalue weighted by atomic mass is 79.9. The normalized spacial score (nSPS) is 24.4. The predicted octanol–water partition coefficient (Wildman–Crippen LogP) is 4.32. The van der Waals surface area contributed by atoms with Gasteiger partial charge in [0, 0.05) is 15.9 Å². The molecule has 1 aliphatic rings. The van der Waals surface area contributed by atoms with Crippen LogP contribution in [0.15, 0.2) is 27.6 Å². The van der Waals surface area contributed by atoms with Gasteiger partial charge in [0.05, 0.1) is 9.92 Å². The van der Waals surface area contributed by atoms with Crippen LogP contribution in [0.1, 0.15) is 32.1 Å². The average molecular weight is 401 g/mol. The Labute approximate surface area is 138 Å². The number of benzene rings is 1. The van der Waals surface area contributed by atoms with Crippen molar-refractivity contribution in [2.45, 2.75) is 48.4 Å². The number of hydrogen-bond donors (Lipinski definition) is 1. The summed E-state index contributed by atoms with van der Waals surface area (Å²) in [5.41, 5.74) is 0. The third-order valence-electron chi connectivity index (χ3n) is 3.44. The molecule has 0 bridgehead atoms. The maximum Gasteiger partial charge on any atom is 0.240 e. The van der Waals surface area contributed by atoms with Crippen LogP contribution in [0.25, 0.3) is 0 Å². The number of alkyl halides is 1. The molecule has 1 N–H and O–H groups in total. The van der Waals surface area contributed by atoms with Gasteiger partial charge >= 0.3 is 0 Å². The molecule has 0 radical (unpaired) electrons. The van der Waals surface area contributed by atoms with Crippen molar-refractivity contribution < 1.29 is 8.42 Å². The van der Waals surface area contributed by atoms with Gasteiger partial charge in [-0.2, -0.15) is 0 Å². The van der Waals surface area contributed by atoms with Crippen LogP contribution in [-0.2, 0) is 10.0 Å². The van der Waals surface area contributed by atoms with E-state index in [0.717, 1.165) is 32.1 Å². The van der Waals surface area contributed by atoms with Gasteiger partial charge in [-0.05, 0) is 47.0 Å². The van der Waals surface area contributed by atoms with Crippen LogP contribution < -0.4 is 4.72 Å². The van der Waals surface area contributed by atoms with Crippen molar-refractivity contribution in [3.63, 3.8) is 0 Å². The lowest BCUT2D eigenvalue weighted by atomic mass is 10.1. The van der Waals surface area contributed by atoms with Crippen molar-refractivity contribution in [2.75, 3.05) is 0 Å². The minimum absolute atomic E-state index is 0.150. The van der Waals surface area contributed by atoms with Crippen LogP contribution in [0.2, 0.25) is 5.02 Å². The van der Waals surface area contributed by atoms with E-state index in [1.54, 1.807) is 6.07 Å². The fourth-order valence-electron chi connectivity index (χ4n) is 2.31. The molecule has 2 unspecified atom stereocenters. The number of nitrogens with one attached hydrogen (secondary N) is 1. The van der Waals surface area contributed by atoms with Crippen LogP contribution in [0.3, 0.4) is 0 Å². The molecule has 1 fully saturated rings. The first-order chi connectivity index (χ1) is 9.40. The molecule has 3 nitrogen and oxygen atoms in total. The Morgan fingerprint density at radius 1 is 1.20 bits per heavy atom. The third kappa shape index (κ3) is 4.10. The molecule has 0 saturated heterocycles. The first-order valence-corrected chi connectivity index (χ1v) is 9.60. The van der Waals surface area contributed by atoms with Gasteiger partial charge in [-0.25, -0.2) is 13.1 Å². The second kappa shape index (κ2) is 6.97. The number of sulfonamides is 1. The average Bonchev–Trinajstić information content (AvgIpc) is 2.58. The molecule has 7 heteroatoms. The molecule has 112 valence electrons. The number of hydrogen-bond acceptors (Lipinski definition) is 2. The summed E-state index contributed by atoms with van der Waals surface area (Å²) >= 11 is 15.4. The lowest BCUT2D eigenvalue weighted by molar-refractivity contribution is 0.514. The number of halogens is 3. The smallest absolute Gasteiger partial charge is 0.207 e. The highest BCUT2D eigenvalue weighted by Crippen LogP contribution is 2.27. The molecule has 20 heavy (non-hydrogen) atoms. The van der Waals surface area contributed by atoms with Crippen LogP contribution in [0.5, 0.6) is 0 Å². The monoisotopic (exact) mass is 399 g/mol. The fraction of sp³-hybridized carbons (Fsp3) is 0.538. The Bertz CT molecular complexity index is 580. The van der Waals surface area contributed by atoms with E-state index in [1.807, 2.05) is 0 Å². The molecule has 2 rings (SSSR count). The van der Waals surface area contributed by atoms with Gasteiger partial charge in [-0.15, -0.1) is 11.6 Å². The van der Waals surface area contributed by atoms with Crippen molar-refractivity contribution in [2.24, 2.45) is 0 Å². The summed E-state index contributed by atoms with van der Waals surface area (Å²) in [6.07, 6.45) is 4.79. The van der Waals surface area contributed by atoms with Crippen LogP contribution in [0.4, 0.5) is 0 Å². The molecule has 0 aromatic heterocycles. The summed E-state index contributed by atoms with van der Waals surface area (Å²) < 4.78 is 28.1. The second-order valence-electron chi connectivity index (χ2n) is 4.96. The summed E-state index contributed by atoms with van der Waals surface area (Å²) in [4.78, 5) is 0.196. The van der Waals surface area contributed by atoms with Crippen molar-refractivity contribution >= 4 is 49.2 Å². The van der Waals surface area contributed by atoms with Crippen LogP contribution in [0, 0.1) is 0 Å². The molecule has 1 saturated carbocycles. The van der Waals surface area contributed by atoms with Crippen LogP contribution in [-0.4, -0.2) is 19.8 Å². The Balaban J connectivity index is 2.19. The summed E-state index contributed by atoms with van der Waals surface area (Å²) in [6.45, 7) is 0. The van der Waals surface area contributed by atoms with E-state index in [0.29, 0.717) is 9.50 Å². The maximum absolute atomic E-state index is 12.4. The van der Waals surface area contributed by atoms with Crippen molar-refractivity contribution in [3.8, 4) is 0 Å². The quantitative estimate of drug-likeness (QED) is 0.606. The molecule has 2 atom stereocenters. The minimum Gasteiger partial charge on any atom is -0.207 e. The topological polar surface area (TPSA) is 46.2 Å². The zero-order valence-corrected chi connectivity index (χ0v) is 14.7. The zero-order chi connectivity index (χ0) is 14.8. The van der Waals surface area contributed by atoms with E-state index < -0.39 is 10.0 Å². The van der Waals surface area contributed by atoms with Gasteiger partial charge in [0.15, 0.2) is 0 Å². The summed E-state index contributed by atoms with van der Waals surface area (Å²) in [6, 6.07) is 4.35. The molecule has 1 aliphatic carbocycles. The third-order valence-corrected chi connectivity index (χ3v) is 6.66. The molecule has 1 aromatic rings. The zero-order valence-electron chi connectivity index (χ0n) is 10.8. The Hall–Kier alpha value is 0.190. The summed E-state index contributed by atoms with van der Waals surface area (Å²) in [7, 11) is -3.57. The second-order valence-corrected chi connectivity index (χ2v) is 8.49. The van der Waals surface area contributed by atoms with Gasteiger partial charge < -0.3 is 0 Å². The van der Waals surface area contributed by atoms with Crippen LogP contribution >= 0.6 is 39.1 Å². The fourth-order valence-corrected chi connectivity index (χ4v) is 4.71. The van der Waals surface area contributed by atoms with E-state index in [9.17, 15) is 8.42 Å². The van der Waals surface area contributed by atoms with Gasteiger partial charge in [0.1, 0.15) is 0 Å². The summed E-state index contributed by atoms with van der Waals surface area (Å²) in [5.74, 6) is 0. The number of rotatable bonds is 3. The SMILES string of the molecule is O=S(=O)(NC1CCCCCC1Cl)c1ccc(Cl)c(Br)c1. The van der Waals surface area contributed by atoms with Gasteiger partial charge in [-0.3, -0.25) is 0 Å². The molecule has 0 heterocycles. The van der Waals surface area contributed by atoms with E-state index in [2.05, 4.69) is 20.7 Å². The molecule has 0 amide bonds. The van der Waals surface area contributed by atoms with Crippen molar-refractivity contribution in [3.05, 3.63) is 27.7 Å². The molecule has 1 aromatic carbocycles. The maximum atomic E-state index is 12.4.